The first-order chi connectivity index (χ1) is 14.2. The van der Waals surface area contributed by atoms with Gasteiger partial charge in [0.25, 0.3) is 0 Å². The van der Waals surface area contributed by atoms with Crippen LogP contribution in [0.15, 0.2) is 36.7 Å². The number of hydrogen-bond donors (Lipinski definition) is 2. The lowest BCUT2D eigenvalue weighted by Gasteiger charge is -2.33. The number of morpholine rings is 1. The zero-order valence-electron chi connectivity index (χ0n) is 16.2. The summed E-state index contributed by atoms with van der Waals surface area (Å²) in [6.07, 6.45) is 5.18. The molecule has 0 atom stereocenters. The van der Waals surface area contributed by atoms with Crippen LogP contribution in [0.4, 0.5) is 22.1 Å². The Labute approximate surface area is 175 Å². The Morgan fingerprint density at radius 3 is 2.52 bits per heavy atom. The van der Waals surface area contributed by atoms with Gasteiger partial charge in [-0.1, -0.05) is 11.6 Å². The van der Waals surface area contributed by atoms with Gasteiger partial charge >= 0.3 is 6.03 Å². The molecule has 2 aromatic rings. The van der Waals surface area contributed by atoms with E-state index >= 15 is 0 Å². The second-order valence-electron chi connectivity index (χ2n) is 7.17. The number of amides is 2. The minimum atomic E-state index is -0.212. The van der Waals surface area contributed by atoms with E-state index in [4.69, 9.17) is 16.3 Å². The van der Waals surface area contributed by atoms with Gasteiger partial charge in [-0.2, -0.15) is 0 Å². The number of benzene rings is 1. The van der Waals surface area contributed by atoms with E-state index in [0.717, 1.165) is 50.7 Å². The normalized spacial score (nSPS) is 17.8. The lowest BCUT2D eigenvalue weighted by Crippen LogP contribution is -2.46. The molecule has 154 valence electrons. The van der Waals surface area contributed by atoms with Crippen LogP contribution in [-0.4, -0.2) is 61.4 Å². The molecule has 1 aromatic heterocycles. The van der Waals surface area contributed by atoms with E-state index in [1.807, 2.05) is 18.2 Å². The minimum Gasteiger partial charge on any atom is -0.378 e. The van der Waals surface area contributed by atoms with Gasteiger partial charge in [0, 0.05) is 49.6 Å². The molecule has 29 heavy (non-hydrogen) atoms. The number of aromatic nitrogens is 2. The molecule has 0 saturated carbocycles. The maximum atomic E-state index is 12.6. The third-order valence-corrected chi connectivity index (χ3v) is 5.46. The van der Waals surface area contributed by atoms with E-state index in [1.54, 1.807) is 18.5 Å². The topological polar surface area (TPSA) is 82.6 Å². The molecule has 1 aromatic carbocycles. The predicted octanol–water partition coefficient (Wildman–Crippen LogP) is 2.76. The summed E-state index contributed by atoms with van der Waals surface area (Å²) in [4.78, 5) is 25.6. The number of carbonyl (C=O) groups is 1. The van der Waals surface area contributed by atoms with Crippen molar-refractivity contribution in [3.8, 4) is 0 Å². The molecule has 4 rings (SSSR count). The molecule has 2 fully saturated rings. The second kappa shape index (κ2) is 9.28. The Morgan fingerprint density at radius 2 is 1.79 bits per heavy atom. The zero-order valence-corrected chi connectivity index (χ0v) is 16.9. The molecular weight excluding hydrogens is 392 g/mol. The smallest absolute Gasteiger partial charge is 0.319 e. The van der Waals surface area contributed by atoms with Crippen LogP contribution in [0.3, 0.4) is 0 Å². The monoisotopic (exact) mass is 416 g/mol. The van der Waals surface area contributed by atoms with Crippen molar-refractivity contribution in [1.82, 2.24) is 15.3 Å². The number of nitrogens with one attached hydrogen (secondary N) is 2. The van der Waals surface area contributed by atoms with Gasteiger partial charge in [0.1, 0.15) is 0 Å². The molecule has 2 aliphatic rings. The lowest BCUT2D eigenvalue weighted by atomic mass is 10.1. The average molecular weight is 417 g/mol. The van der Waals surface area contributed by atoms with Crippen molar-refractivity contribution >= 4 is 35.0 Å². The number of carbonyl (C=O) groups excluding carboxylic acids is 1. The van der Waals surface area contributed by atoms with Crippen LogP contribution in [0, 0.1) is 0 Å². The van der Waals surface area contributed by atoms with E-state index in [9.17, 15) is 4.79 Å². The maximum Gasteiger partial charge on any atom is 0.319 e. The summed E-state index contributed by atoms with van der Waals surface area (Å²) in [6, 6.07) is 7.29. The molecule has 0 radical (unpaired) electrons. The van der Waals surface area contributed by atoms with Crippen molar-refractivity contribution < 1.29 is 9.53 Å². The van der Waals surface area contributed by atoms with Crippen molar-refractivity contribution in [2.75, 3.05) is 54.5 Å². The Kier molecular flexibility index (Phi) is 6.31. The Morgan fingerprint density at radius 1 is 1.07 bits per heavy atom. The van der Waals surface area contributed by atoms with Crippen molar-refractivity contribution in [1.29, 1.82) is 0 Å². The van der Waals surface area contributed by atoms with E-state index < -0.39 is 0 Å². The fraction of sp³-hybridized carbons (Fsp3) is 0.450. The largest absolute Gasteiger partial charge is 0.378 e. The Bertz CT molecular complexity index is 823. The summed E-state index contributed by atoms with van der Waals surface area (Å²) in [5.74, 6) is 0.740. The molecule has 9 heteroatoms. The van der Waals surface area contributed by atoms with Crippen LogP contribution in [0.2, 0.25) is 5.02 Å². The first kappa shape index (κ1) is 19.7. The van der Waals surface area contributed by atoms with E-state index in [1.165, 1.54) is 0 Å². The SMILES string of the molecule is O=C(Nc1cc(Cl)ccc1N1CCOCC1)NC1CCN(c2ncccn2)CC1. The second-order valence-corrected chi connectivity index (χ2v) is 7.61. The summed E-state index contributed by atoms with van der Waals surface area (Å²) < 4.78 is 5.43. The molecule has 0 aliphatic carbocycles. The standard InChI is InChI=1S/C20H25ClN6O2/c21-15-2-3-18(26-10-12-29-13-11-26)17(14-15)25-20(28)24-16-4-8-27(9-5-16)19-22-6-1-7-23-19/h1-3,6-7,14,16H,4-5,8-13H2,(H2,24,25,28). The molecule has 3 heterocycles. The maximum absolute atomic E-state index is 12.6. The number of rotatable bonds is 4. The van der Waals surface area contributed by atoms with Gasteiger partial charge in [0.2, 0.25) is 5.95 Å². The first-order valence-corrected chi connectivity index (χ1v) is 10.3. The molecule has 0 spiro atoms. The average Bonchev–Trinajstić information content (AvgIpc) is 2.75. The van der Waals surface area contributed by atoms with Gasteiger partial charge in [-0.25, -0.2) is 14.8 Å². The Balaban J connectivity index is 1.34. The quantitative estimate of drug-likeness (QED) is 0.797. The number of piperidine rings is 1. The summed E-state index contributed by atoms with van der Waals surface area (Å²) in [7, 11) is 0. The van der Waals surface area contributed by atoms with Crippen LogP contribution in [0.5, 0.6) is 0 Å². The number of halogens is 1. The van der Waals surface area contributed by atoms with Crippen LogP contribution >= 0.6 is 11.6 Å². The van der Waals surface area contributed by atoms with Crippen LogP contribution < -0.4 is 20.4 Å². The molecule has 0 unspecified atom stereocenters. The van der Waals surface area contributed by atoms with Crippen LogP contribution in [0.1, 0.15) is 12.8 Å². The van der Waals surface area contributed by atoms with Crippen molar-refractivity contribution in [3.05, 3.63) is 41.7 Å². The summed E-state index contributed by atoms with van der Waals surface area (Å²) in [6.45, 7) is 4.56. The Hall–Kier alpha value is -2.58. The zero-order chi connectivity index (χ0) is 20.1. The number of nitrogens with zero attached hydrogens (tertiary/aromatic N) is 4. The fourth-order valence-electron chi connectivity index (χ4n) is 3.71. The highest BCUT2D eigenvalue weighted by molar-refractivity contribution is 6.31. The third kappa shape index (κ3) is 5.07. The van der Waals surface area contributed by atoms with Crippen molar-refractivity contribution in [2.24, 2.45) is 0 Å². The third-order valence-electron chi connectivity index (χ3n) is 5.22. The lowest BCUT2D eigenvalue weighted by molar-refractivity contribution is 0.123. The van der Waals surface area contributed by atoms with Gasteiger partial charge < -0.3 is 25.2 Å². The summed E-state index contributed by atoms with van der Waals surface area (Å²) >= 11 is 6.17. The number of hydrogen-bond acceptors (Lipinski definition) is 6. The van der Waals surface area contributed by atoms with Gasteiger partial charge in [-0.05, 0) is 37.1 Å². The molecule has 8 nitrogen and oxygen atoms in total. The minimum absolute atomic E-state index is 0.112. The number of urea groups is 1. The van der Waals surface area contributed by atoms with Crippen LogP contribution in [-0.2, 0) is 4.74 Å². The molecule has 0 bridgehead atoms. The van der Waals surface area contributed by atoms with E-state index in [0.29, 0.717) is 23.9 Å². The van der Waals surface area contributed by atoms with Crippen molar-refractivity contribution in [2.45, 2.75) is 18.9 Å². The van der Waals surface area contributed by atoms with Gasteiger partial charge in [0.15, 0.2) is 0 Å². The molecule has 2 aliphatic heterocycles. The highest BCUT2D eigenvalue weighted by Crippen LogP contribution is 2.30. The van der Waals surface area contributed by atoms with Gasteiger partial charge in [-0.3, -0.25) is 0 Å². The molecule has 2 amide bonds. The first-order valence-electron chi connectivity index (χ1n) is 9.91. The summed E-state index contributed by atoms with van der Waals surface area (Å²) in [5.41, 5.74) is 1.68. The molecular formula is C20H25ClN6O2. The fourth-order valence-corrected chi connectivity index (χ4v) is 3.88. The van der Waals surface area contributed by atoms with Crippen molar-refractivity contribution in [3.63, 3.8) is 0 Å². The van der Waals surface area contributed by atoms with Crippen LogP contribution in [0.25, 0.3) is 0 Å². The molecule has 2 N–H and O–H groups in total. The molecule has 2 saturated heterocycles. The van der Waals surface area contributed by atoms with Gasteiger partial charge in [-0.15, -0.1) is 0 Å². The highest BCUT2D eigenvalue weighted by Gasteiger charge is 2.23. The van der Waals surface area contributed by atoms with E-state index in [2.05, 4.69) is 30.4 Å². The number of anilines is 3. The predicted molar refractivity (Wildman–Crippen MR) is 114 cm³/mol. The van der Waals surface area contributed by atoms with E-state index in [-0.39, 0.29) is 12.1 Å². The summed E-state index contributed by atoms with van der Waals surface area (Å²) in [5, 5.41) is 6.66. The number of ether oxygens (including phenoxy) is 1. The highest BCUT2D eigenvalue weighted by atomic mass is 35.5. The van der Waals surface area contributed by atoms with Gasteiger partial charge in [0.05, 0.1) is 24.6 Å².